The lowest BCUT2D eigenvalue weighted by molar-refractivity contribution is 0.0734. The highest BCUT2D eigenvalue weighted by molar-refractivity contribution is 9.10. The van der Waals surface area contributed by atoms with Gasteiger partial charge in [0.2, 0.25) is 5.89 Å². The van der Waals surface area contributed by atoms with E-state index in [0.717, 1.165) is 26.8 Å². The number of aromatic nitrogens is 2. The van der Waals surface area contributed by atoms with Crippen LogP contribution in [0, 0.1) is 0 Å². The molecular weight excluding hydrogens is 482 g/mol. The van der Waals surface area contributed by atoms with Gasteiger partial charge in [-0.3, -0.25) is 9.98 Å². The predicted octanol–water partition coefficient (Wildman–Crippen LogP) is 6.62. The van der Waals surface area contributed by atoms with Crippen molar-refractivity contribution in [2.75, 3.05) is 0 Å². The van der Waals surface area contributed by atoms with Crippen LogP contribution in [0.3, 0.4) is 0 Å². The molecule has 0 N–H and O–H groups in total. The van der Waals surface area contributed by atoms with E-state index in [1.54, 1.807) is 55.0 Å². The maximum absolute atomic E-state index is 12.2. The first-order chi connectivity index (χ1) is 16.1. The smallest absolute Gasteiger partial charge is 0.343 e. The third-order valence-corrected chi connectivity index (χ3v) is 5.34. The molecule has 0 amide bonds. The topological polar surface area (TPSA) is 77.6 Å². The predicted molar refractivity (Wildman–Crippen MR) is 130 cm³/mol. The van der Waals surface area contributed by atoms with Crippen molar-refractivity contribution in [3.63, 3.8) is 0 Å². The van der Waals surface area contributed by atoms with Gasteiger partial charge in [0.05, 0.1) is 16.8 Å². The summed E-state index contributed by atoms with van der Waals surface area (Å²) in [6, 6.07) is 23.5. The molecule has 2 aromatic heterocycles. The Kier molecular flexibility index (Phi) is 5.78. The Balaban J connectivity index is 1.28. The molecule has 0 fully saturated rings. The van der Waals surface area contributed by atoms with Crippen LogP contribution in [0.5, 0.6) is 5.75 Å². The molecule has 6 nitrogen and oxygen atoms in total. The van der Waals surface area contributed by atoms with Crippen molar-refractivity contribution in [1.29, 1.82) is 0 Å². The summed E-state index contributed by atoms with van der Waals surface area (Å²) in [5, 5.41) is 0. The van der Waals surface area contributed by atoms with E-state index in [4.69, 9.17) is 9.15 Å². The van der Waals surface area contributed by atoms with Crippen molar-refractivity contribution in [1.82, 2.24) is 9.97 Å². The number of halogens is 1. The number of esters is 1. The fourth-order valence-electron chi connectivity index (χ4n) is 3.13. The summed E-state index contributed by atoms with van der Waals surface area (Å²) in [6.45, 7) is 0. The lowest BCUT2D eigenvalue weighted by atomic mass is 10.2. The summed E-state index contributed by atoms with van der Waals surface area (Å²) in [7, 11) is 0. The van der Waals surface area contributed by atoms with Crippen LogP contribution < -0.4 is 4.74 Å². The maximum atomic E-state index is 12.2. The van der Waals surface area contributed by atoms with E-state index >= 15 is 0 Å². The first-order valence-electron chi connectivity index (χ1n) is 10.1. The molecule has 7 heteroatoms. The van der Waals surface area contributed by atoms with E-state index in [0.29, 0.717) is 22.8 Å². The number of carbonyl (C=O) groups is 1. The molecule has 3 aromatic carbocycles. The number of fused-ring (bicyclic) bond motifs is 1. The number of ether oxygens (including phenoxy) is 1. The van der Waals surface area contributed by atoms with Gasteiger partial charge in [0.15, 0.2) is 5.58 Å². The van der Waals surface area contributed by atoms with Crippen LogP contribution in [0.25, 0.3) is 22.6 Å². The third kappa shape index (κ3) is 4.88. The van der Waals surface area contributed by atoms with Crippen molar-refractivity contribution in [2.45, 2.75) is 0 Å². The minimum Gasteiger partial charge on any atom is -0.436 e. The summed E-state index contributed by atoms with van der Waals surface area (Å²) in [5.74, 6) is 0.579. The molecule has 0 radical (unpaired) electrons. The number of pyridine rings is 1. The van der Waals surface area contributed by atoms with Crippen molar-refractivity contribution in [3.05, 3.63) is 107 Å². The maximum Gasteiger partial charge on any atom is 0.343 e. The Hall–Kier alpha value is -4.10. The molecule has 5 rings (SSSR count). The molecule has 0 saturated heterocycles. The normalized spacial score (nSPS) is 11.2. The number of nitrogens with zero attached hydrogens (tertiary/aromatic N) is 3. The summed E-state index contributed by atoms with van der Waals surface area (Å²) in [5.41, 5.74) is 4.33. The summed E-state index contributed by atoms with van der Waals surface area (Å²) in [4.78, 5) is 25.4. The Bertz CT molecular complexity index is 1440. The molecule has 0 aliphatic carbocycles. The van der Waals surface area contributed by atoms with E-state index in [-0.39, 0.29) is 0 Å². The van der Waals surface area contributed by atoms with E-state index in [9.17, 15) is 4.79 Å². The van der Waals surface area contributed by atoms with Crippen LogP contribution in [0.2, 0.25) is 0 Å². The van der Waals surface area contributed by atoms with Gasteiger partial charge in [0.1, 0.15) is 11.3 Å². The van der Waals surface area contributed by atoms with Crippen molar-refractivity contribution >= 4 is 44.9 Å². The molecule has 0 aliphatic rings. The van der Waals surface area contributed by atoms with E-state index in [2.05, 4.69) is 30.9 Å². The molecule has 0 unspecified atom stereocenters. The average molecular weight is 498 g/mol. The highest BCUT2D eigenvalue weighted by atomic mass is 79.9. The van der Waals surface area contributed by atoms with Gasteiger partial charge in [0.25, 0.3) is 0 Å². The number of oxazole rings is 1. The first-order valence-corrected chi connectivity index (χ1v) is 10.9. The van der Waals surface area contributed by atoms with Crippen LogP contribution in [0.1, 0.15) is 15.9 Å². The molecule has 0 spiro atoms. The number of hydrogen-bond donors (Lipinski definition) is 0. The summed E-state index contributed by atoms with van der Waals surface area (Å²) < 4.78 is 12.1. The monoisotopic (exact) mass is 497 g/mol. The molecule has 33 heavy (non-hydrogen) atoms. The lowest BCUT2D eigenvalue weighted by Crippen LogP contribution is -2.08. The second-order valence-electron chi connectivity index (χ2n) is 7.14. The molecule has 160 valence electrons. The van der Waals surface area contributed by atoms with E-state index in [1.165, 1.54) is 0 Å². The Labute approximate surface area is 197 Å². The zero-order chi connectivity index (χ0) is 22.6. The summed E-state index contributed by atoms with van der Waals surface area (Å²) in [6.07, 6.45) is 5.16. The zero-order valence-corrected chi connectivity index (χ0v) is 18.8. The third-order valence-electron chi connectivity index (χ3n) is 4.81. The average Bonchev–Trinajstić information content (AvgIpc) is 3.28. The molecular formula is C26H16BrN3O3. The van der Waals surface area contributed by atoms with Crippen molar-refractivity contribution in [3.8, 4) is 17.2 Å². The van der Waals surface area contributed by atoms with Gasteiger partial charge < -0.3 is 9.15 Å². The van der Waals surface area contributed by atoms with Crippen molar-refractivity contribution in [2.24, 2.45) is 4.99 Å². The second-order valence-corrected chi connectivity index (χ2v) is 8.05. The Morgan fingerprint density at radius 1 is 1.00 bits per heavy atom. The molecule has 0 aliphatic heterocycles. The van der Waals surface area contributed by atoms with Gasteiger partial charge >= 0.3 is 5.97 Å². The quantitative estimate of drug-likeness (QED) is 0.155. The fourth-order valence-corrected chi connectivity index (χ4v) is 3.40. The lowest BCUT2D eigenvalue weighted by Gasteiger charge is -2.04. The van der Waals surface area contributed by atoms with Gasteiger partial charge in [-0.05, 0) is 84.4 Å². The molecule has 0 atom stereocenters. The van der Waals surface area contributed by atoms with Gasteiger partial charge in [0, 0.05) is 23.1 Å². The van der Waals surface area contributed by atoms with Crippen LogP contribution >= 0.6 is 15.9 Å². The zero-order valence-electron chi connectivity index (χ0n) is 17.2. The van der Waals surface area contributed by atoms with Crippen molar-refractivity contribution < 1.29 is 13.9 Å². The SMILES string of the molecule is O=C(Oc1ccc(C=Nc2ccc3oc(-c4cccnc4)nc3c2)cc1)c1ccc(Br)cc1. The standard InChI is InChI=1S/C26H16BrN3O3/c27-20-7-5-18(6-8-20)26(31)32-22-10-3-17(4-11-22)15-29-21-9-12-24-23(14-21)30-25(33-24)19-2-1-13-28-16-19/h1-16H. The van der Waals surface area contributed by atoms with Gasteiger partial charge in [-0.2, -0.15) is 0 Å². The number of carbonyl (C=O) groups excluding carboxylic acids is 1. The first kappa shape index (κ1) is 20.8. The van der Waals surface area contributed by atoms with Gasteiger partial charge in [-0.15, -0.1) is 0 Å². The molecule has 5 aromatic rings. The highest BCUT2D eigenvalue weighted by Gasteiger charge is 2.09. The minimum atomic E-state index is -0.407. The molecule has 0 bridgehead atoms. The van der Waals surface area contributed by atoms with Crippen LogP contribution in [-0.4, -0.2) is 22.2 Å². The molecule has 2 heterocycles. The number of benzene rings is 3. The fraction of sp³-hybridized carbons (Fsp3) is 0. The van der Waals surface area contributed by atoms with Gasteiger partial charge in [-0.1, -0.05) is 15.9 Å². The number of rotatable bonds is 5. The number of hydrogen-bond acceptors (Lipinski definition) is 6. The van der Waals surface area contributed by atoms with Crippen LogP contribution in [0.15, 0.2) is 105 Å². The summed E-state index contributed by atoms with van der Waals surface area (Å²) >= 11 is 3.35. The Morgan fingerprint density at radius 3 is 2.58 bits per heavy atom. The highest BCUT2D eigenvalue weighted by Crippen LogP contribution is 2.26. The second kappa shape index (κ2) is 9.18. The van der Waals surface area contributed by atoms with Crippen LogP contribution in [0.4, 0.5) is 5.69 Å². The Morgan fingerprint density at radius 2 is 1.82 bits per heavy atom. The molecule has 0 saturated carbocycles. The van der Waals surface area contributed by atoms with Gasteiger partial charge in [-0.25, -0.2) is 9.78 Å². The van der Waals surface area contributed by atoms with Crippen LogP contribution in [-0.2, 0) is 0 Å². The number of aliphatic imine (C=N–C) groups is 1. The van der Waals surface area contributed by atoms with E-state index < -0.39 is 5.97 Å². The van der Waals surface area contributed by atoms with E-state index in [1.807, 2.05) is 42.5 Å². The largest absolute Gasteiger partial charge is 0.436 e. The minimum absolute atomic E-state index is 0.407.